The van der Waals surface area contributed by atoms with Crippen molar-refractivity contribution in [2.75, 3.05) is 0 Å². The molecule has 1 aromatic heterocycles. The van der Waals surface area contributed by atoms with Gasteiger partial charge in [-0.2, -0.15) is 0 Å². The fourth-order valence-corrected chi connectivity index (χ4v) is 2.00. The van der Waals surface area contributed by atoms with Crippen molar-refractivity contribution in [2.45, 2.75) is 19.8 Å². The molecule has 0 aliphatic carbocycles. The van der Waals surface area contributed by atoms with Gasteiger partial charge in [0, 0.05) is 4.88 Å². The Balaban J connectivity index is 3.17. The van der Waals surface area contributed by atoms with E-state index < -0.39 is 5.91 Å². The fourth-order valence-electron chi connectivity index (χ4n) is 0.873. The van der Waals surface area contributed by atoms with Crippen LogP contribution in [0, 0.1) is 0 Å². The summed E-state index contributed by atoms with van der Waals surface area (Å²) in [5, 5.41) is 0. The highest BCUT2D eigenvalue weighted by atomic mass is 35.5. The van der Waals surface area contributed by atoms with Gasteiger partial charge in [0.05, 0.1) is 0 Å². The number of aromatic nitrogens is 1. The summed E-state index contributed by atoms with van der Waals surface area (Å²) in [5.74, 6) is -0.278. The molecule has 1 amide bonds. The van der Waals surface area contributed by atoms with Crippen LogP contribution in [0.25, 0.3) is 0 Å². The molecule has 2 N–H and O–H groups in total. The van der Waals surface area contributed by atoms with Crippen LogP contribution in [0.2, 0.25) is 4.47 Å². The number of primary amides is 1. The van der Waals surface area contributed by atoms with Crippen LogP contribution in [0.15, 0.2) is 0 Å². The average Bonchev–Trinajstić information content (AvgIpc) is 2.31. The maximum atomic E-state index is 10.8. The minimum Gasteiger partial charge on any atom is -0.364 e. The lowest BCUT2D eigenvalue weighted by Gasteiger charge is -2.00. The minimum absolute atomic E-state index is 0.234. The lowest BCUT2D eigenvalue weighted by Crippen LogP contribution is -2.13. The van der Waals surface area contributed by atoms with Crippen LogP contribution in [-0.2, 0) is 0 Å². The van der Waals surface area contributed by atoms with E-state index >= 15 is 0 Å². The zero-order chi connectivity index (χ0) is 9.30. The Labute approximate surface area is 79.6 Å². The third-order valence-electron chi connectivity index (χ3n) is 1.39. The molecule has 0 fully saturated rings. The molecule has 0 aliphatic heterocycles. The largest absolute Gasteiger partial charge is 0.364 e. The van der Waals surface area contributed by atoms with Gasteiger partial charge in [-0.15, -0.1) is 11.3 Å². The van der Waals surface area contributed by atoms with Gasteiger partial charge < -0.3 is 5.73 Å². The van der Waals surface area contributed by atoms with Gasteiger partial charge in [-0.1, -0.05) is 25.4 Å². The summed E-state index contributed by atoms with van der Waals surface area (Å²) in [4.78, 5) is 15.5. The second-order valence-corrected chi connectivity index (χ2v) is 4.31. The standard InChI is InChI=1S/C7H9ClN2OS/c1-3(2)5-4(6(9)11)10-7(8)12-5/h3H,1-2H3,(H2,9,11). The van der Waals surface area contributed by atoms with E-state index in [1.165, 1.54) is 11.3 Å². The molecule has 0 atom stereocenters. The topological polar surface area (TPSA) is 56.0 Å². The van der Waals surface area contributed by atoms with E-state index in [1.807, 2.05) is 13.8 Å². The van der Waals surface area contributed by atoms with Crippen molar-refractivity contribution < 1.29 is 4.79 Å². The van der Waals surface area contributed by atoms with E-state index in [0.717, 1.165) is 4.88 Å². The number of thiazole rings is 1. The summed E-state index contributed by atoms with van der Waals surface area (Å²) < 4.78 is 0.368. The molecule has 1 aromatic rings. The number of carbonyl (C=O) groups excluding carboxylic acids is 1. The Morgan fingerprint density at radius 1 is 1.67 bits per heavy atom. The van der Waals surface area contributed by atoms with Crippen LogP contribution >= 0.6 is 22.9 Å². The highest BCUT2D eigenvalue weighted by molar-refractivity contribution is 7.16. The fraction of sp³-hybridized carbons (Fsp3) is 0.429. The zero-order valence-electron chi connectivity index (χ0n) is 6.80. The van der Waals surface area contributed by atoms with E-state index in [-0.39, 0.29) is 5.92 Å². The predicted molar refractivity (Wildman–Crippen MR) is 49.7 cm³/mol. The lowest BCUT2D eigenvalue weighted by molar-refractivity contribution is 0.0995. The maximum absolute atomic E-state index is 10.8. The van der Waals surface area contributed by atoms with Gasteiger partial charge in [-0.05, 0) is 5.92 Å². The molecule has 0 aromatic carbocycles. The molecular weight excluding hydrogens is 196 g/mol. The van der Waals surface area contributed by atoms with Crippen LogP contribution in [0.1, 0.15) is 35.1 Å². The molecule has 0 saturated carbocycles. The van der Waals surface area contributed by atoms with Gasteiger partial charge in [0.15, 0.2) is 4.47 Å². The highest BCUT2D eigenvalue weighted by Crippen LogP contribution is 2.28. The number of rotatable bonds is 2. The maximum Gasteiger partial charge on any atom is 0.268 e. The molecule has 0 saturated heterocycles. The molecule has 0 spiro atoms. The number of amides is 1. The number of nitrogens with zero attached hydrogens (tertiary/aromatic N) is 1. The van der Waals surface area contributed by atoms with Crippen molar-refractivity contribution in [1.82, 2.24) is 4.98 Å². The predicted octanol–water partition coefficient (Wildman–Crippen LogP) is 2.02. The third-order valence-corrected chi connectivity index (χ3v) is 2.85. The highest BCUT2D eigenvalue weighted by Gasteiger charge is 2.16. The van der Waals surface area contributed by atoms with Crippen LogP contribution in [0.3, 0.4) is 0 Å². The first-order valence-corrected chi connectivity index (χ1v) is 4.68. The minimum atomic E-state index is -0.512. The quantitative estimate of drug-likeness (QED) is 0.802. The number of hydrogen-bond donors (Lipinski definition) is 1. The van der Waals surface area contributed by atoms with E-state index in [1.54, 1.807) is 0 Å². The summed E-state index contributed by atoms with van der Waals surface area (Å²) in [6.07, 6.45) is 0. The van der Waals surface area contributed by atoms with Crippen LogP contribution < -0.4 is 5.73 Å². The van der Waals surface area contributed by atoms with Gasteiger partial charge in [-0.25, -0.2) is 4.98 Å². The van der Waals surface area contributed by atoms with E-state index in [0.29, 0.717) is 10.2 Å². The lowest BCUT2D eigenvalue weighted by atomic mass is 10.1. The number of hydrogen-bond acceptors (Lipinski definition) is 3. The number of carbonyl (C=O) groups is 1. The molecule has 66 valence electrons. The van der Waals surface area contributed by atoms with Gasteiger partial charge in [-0.3, -0.25) is 4.79 Å². The average molecular weight is 205 g/mol. The van der Waals surface area contributed by atoms with E-state index in [2.05, 4.69) is 4.98 Å². The molecular formula is C7H9ClN2OS. The molecule has 0 bridgehead atoms. The van der Waals surface area contributed by atoms with Crippen molar-refractivity contribution in [1.29, 1.82) is 0 Å². The van der Waals surface area contributed by atoms with Crippen molar-refractivity contribution in [3.8, 4) is 0 Å². The molecule has 5 heteroatoms. The molecule has 0 aliphatic rings. The zero-order valence-corrected chi connectivity index (χ0v) is 8.37. The Hall–Kier alpha value is -0.610. The summed E-state index contributed by atoms with van der Waals surface area (Å²) in [5.41, 5.74) is 5.42. The third kappa shape index (κ3) is 1.76. The molecule has 0 radical (unpaired) electrons. The van der Waals surface area contributed by atoms with E-state index in [9.17, 15) is 4.79 Å². The summed E-state index contributed by atoms with van der Waals surface area (Å²) in [7, 11) is 0. The first kappa shape index (κ1) is 9.48. The van der Waals surface area contributed by atoms with Crippen molar-refractivity contribution in [3.63, 3.8) is 0 Å². The molecule has 0 unspecified atom stereocenters. The first-order valence-electron chi connectivity index (χ1n) is 3.48. The summed E-state index contributed by atoms with van der Waals surface area (Å²) in [6, 6.07) is 0. The van der Waals surface area contributed by atoms with Crippen molar-refractivity contribution in [3.05, 3.63) is 15.0 Å². The van der Waals surface area contributed by atoms with Gasteiger partial charge in [0.2, 0.25) is 0 Å². The van der Waals surface area contributed by atoms with Crippen LogP contribution in [-0.4, -0.2) is 10.9 Å². The molecule has 3 nitrogen and oxygen atoms in total. The second-order valence-electron chi connectivity index (χ2n) is 2.70. The van der Waals surface area contributed by atoms with E-state index in [4.69, 9.17) is 17.3 Å². The number of nitrogens with two attached hydrogens (primary N) is 1. The van der Waals surface area contributed by atoms with Gasteiger partial charge in [0.1, 0.15) is 5.69 Å². The molecule has 1 heterocycles. The Kier molecular flexibility index (Phi) is 2.69. The normalized spacial score (nSPS) is 10.7. The summed E-state index contributed by atoms with van der Waals surface area (Å²) >= 11 is 6.96. The van der Waals surface area contributed by atoms with Gasteiger partial charge >= 0.3 is 0 Å². The van der Waals surface area contributed by atoms with Crippen molar-refractivity contribution in [2.24, 2.45) is 5.73 Å². The first-order chi connectivity index (χ1) is 5.52. The second kappa shape index (κ2) is 3.41. The SMILES string of the molecule is CC(C)c1sc(Cl)nc1C(N)=O. The molecule has 1 rings (SSSR count). The number of halogens is 1. The van der Waals surface area contributed by atoms with Crippen LogP contribution in [0.4, 0.5) is 0 Å². The van der Waals surface area contributed by atoms with Crippen LogP contribution in [0.5, 0.6) is 0 Å². The van der Waals surface area contributed by atoms with Crippen molar-refractivity contribution >= 4 is 28.8 Å². The Morgan fingerprint density at radius 3 is 2.58 bits per heavy atom. The molecule has 12 heavy (non-hydrogen) atoms. The monoisotopic (exact) mass is 204 g/mol. The Morgan fingerprint density at radius 2 is 2.25 bits per heavy atom. The smallest absolute Gasteiger partial charge is 0.268 e. The summed E-state index contributed by atoms with van der Waals surface area (Å²) in [6.45, 7) is 3.94. The van der Waals surface area contributed by atoms with Gasteiger partial charge in [0.25, 0.3) is 5.91 Å². The Bertz CT molecular complexity index is 308.